The van der Waals surface area contributed by atoms with Gasteiger partial charge in [0.25, 0.3) is 5.91 Å². The van der Waals surface area contributed by atoms with Gasteiger partial charge in [0.1, 0.15) is 15.7 Å². The van der Waals surface area contributed by atoms with Crippen molar-refractivity contribution in [2.75, 3.05) is 37.5 Å². The minimum Gasteiger partial charge on any atom is -0.490 e. The number of hydrogen-bond acceptors (Lipinski definition) is 8. The smallest absolute Gasteiger partial charge is 0.286 e. The lowest BCUT2D eigenvalue weighted by Gasteiger charge is -2.42. The molecule has 2 aliphatic heterocycles. The highest BCUT2D eigenvalue weighted by atomic mass is 35.5. The van der Waals surface area contributed by atoms with Crippen LogP contribution >= 0.6 is 22.9 Å². The second-order valence-corrected chi connectivity index (χ2v) is 17.6. The minimum atomic E-state index is -3.42. The molecule has 2 aromatic carbocycles. The molecular weight excluding hydrogens is 692 g/mol. The molecule has 1 aliphatic carbocycles. The summed E-state index contributed by atoms with van der Waals surface area (Å²) in [6.07, 6.45) is 8.53. The summed E-state index contributed by atoms with van der Waals surface area (Å²) < 4.78 is 33.7. The summed E-state index contributed by atoms with van der Waals surface area (Å²) >= 11 is 7.96. The molecule has 12 heteroatoms. The largest absolute Gasteiger partial charge is 0.490 e. The summed E-state index contributed by atoms with van der Waals surface area (Å²) in [5.74, 6) is 0.0731. The highest BCUT2D eigenvalue weighted by Gasteiger charge is 2.42. The molecule has 0 saturated carbocycles. The van der Waals surface area contributed by atoms with Crippen LogP contribution in [0.25, 0.3) is 0 Å². The molecule has 6 rings (SSSR count). The number of allylic oxidation sites excluding steroid dienone is 1. The van der Waals surface area contributed by atoms with Gasteiger partial charge in [-0.1, -0.05) is 43.7 Å². The molecule has 268 valence electrons. The number of nitrogens with one attached hydrogen (secondary N) is 1. The fraction of sp³-hybridized carbons (Fsp3) is 0.500. The number of methoxy groups -OCH3 is 1. The van der Waals surface area contributed by atoms with Gasteiger partial charge in [-0.05, 0) is 98.7 Å². The number of benzene rings is 2. The lowest BCUT2D eigenvalue weighted by molar-refractivity contribution is -0.119. The number of anilines is 1. The van der Waals surface area contributed by atoms with Gasteiger partial charge in [-0.3, -0.25) is 14.3 Å². The van der Waals surface area contributed by atoms with Crippen molar-refractivity contribution in [1.29, 1.82) is 0 Å². The van der Waals surface area contributed by atoms with Crippen LogP contribution in [0.2, 0.25) is 5.02 Å². The zero-order valence-electron chi connectivity index (χ0n) is 29.3. The van der Waals surface area contributed by atoms with Crippen molar-refractivity contribution < 1.29 is 23.3 Å². The number of ether oxygens (including phenoxy) is 2. The van der Waals surface area contributed by atoms with Gasteiger partial charge >= 0.3 is 0 Å². The Labute approximate surface area is 305 Å². The van der Waals surface area contributed by atoms with Crippen molar-refractivity contribution >= 4 is 50.4 Å². The summed E-state index contributed by atoms with van der Waals surface area (Å²) in [4.78, 5) is 33.7. The van der Waals surface area contributed by atoms with Crippen LogP contribution in [0, 0.1) is 18.8 Å². The van der Waals surface area contributed by atoms with Crippen molar-refractivity contribution in [2.45, 2.75) is 77.2 Å². The normalized spacial score (nSPS) is 27.8. The van der Waals surface area contributed by atoms with Crippen molar-refractivity contribution in [1.82, 2.24) is 9.71 Å². The Morgan fingerprint density at radius 1 is 1.22 bits per heavy atom. The number of thiazole rings is 1. The maximum Gasteiger partial charge on any atom is 0.286 e. The Balaban J connectivity index is 1.37. The van der Waals surface area contributed by atoms with Gasteiger partial charge < -0.3 is 14.4 Å². The van der Waals surface area contributed by atoms with Crippen molar-refractivity contribution in [3.05, 3.63) is 86.3 Å². The maximum atomic E-state index is 14.2. The molecule has 1 aromatic heterocycles. The Morgan fingerprint density at radius 3 is 2.84 bits per heavy atom. The van der Waals surface area contributed by atoms with Crippen molar-refractivity contribution in [3.8, 4) is 5.75 Å². The first-order chi connectivity index (χ1) is 24.0. The van der Waals surface area contributed by atoms with Crippen LogP contribution < -0.4 is 14.4 Å². The fourth-order valence-electron chi connectivity index (χ4n) is 7.48. The number of aryl methyl sites for hydroxylation is 3. The van der Waals surface area contributed by atoms with Gasteiger partial charge in [0.05, 0.1) is 34.9 Å². The lowest BCUT2D eigenvalue weighted by atomic mass is 9.70. The van der Waals surface area contributed by atoms with Crippen molar-refractivity contribution in [3.63, 3.8) is 0 Å². The van der Waals surface area contributed by atoms with Gasteiger partial charge in [-0.25, -0.2) is 9.19 Å². The molecule has 0 radical (unpaired) electrons. The van der Waals surface area contributed by atoms with Gasteiger partial charge in [0.15, 0.2) is 0 Å². The van der Waals surface area contributed by atoms with E-state index in [4.69, 9.17) is 21.1 Å². The predicted octanol–water partition coefficient (Wildman–Crippen LogP) is 7.49. The first-order valence-electron chi connectivity index (χ1n) is 17.5. The number of rotatable bonds is 5. The summed E-state index contributed by atoms with van der Waals surface area (Å²) in [5.41, 5.74) is 4.15. The number of carbonyl (C=O) groups is 2. The molecule has 0 saturated heterocycles. The number of fused-ring (bicyclic) bond motifs is 3. The highest BCUT2D eigenvalue weighted by Crippen LogP contribution is 2.45. The van der Waals surface area contributed by atoms with E-state index in [2.05, 4.69) is 51.0 Å². The molecule has 2 amide bonds. The Kier molecular flexibility index (Phi) is 11.4. The highest BCUT2D eigenvalue weighted by molar-refractivity contribution is 7.92. The Bertz CT molecular complexity index is 1890. The lowest BCUT2D eigenvalue weighted by Crippen LogP contribution is -2.47. The molecule has 1 unspecified atom stereocenters. The second kappa shape index (κ2) is 15.6. The zero-order valence-corrected chi connectivity index (χ0v) is 31.7. The van der Waals surface area contributed by atoms with Crippen LogP contribution in [0.15, 0.2) is 58.3 Å². The van der Waals surface area contributed by atoms with Crippen LogP contribution in [0.4, 0.5) is 5.69 Å². The second-order valence-electron chi connectivity index (χ2n) is 14.0. The maximum absolute atomic E-state index is 14.2. The molecule has 5 atom stereocenters. The van der Waals surface area contributed by atoms with E-state index in [1.807, 2.05) is 36.6 Å². The van der Waals surface area contributed by atoms with Crippen LogP contribution in [0.1, 0.15) is 78.1 Å². The van der Waals surface area contributed by atoms with Gasteiger partial charge in [-0.15, -0.1) is 15.7 Å². The van der Waals surface area contributed by atoms with Crippen LogP contribution in [0.5, 0.6) is 5.75 Å². The van der Waals surface area contributed by atoms with E-state index in [1.54, 1.807) is 13.2 Å². The first-order valence-corrected chi connectivity index (χ1v) is 20.4. The Hall–Kier alpha value is -3.25. The standard InChI is InChI=1S/C38H47ClN4O5S2/c1-25-21-43-23-38(17-8-9-28-19-30(39)12-14-32(28)38)24-48-35-15-11-29(20-33(35)43)37(45)42-50(46,18-7-5-6-10-34(47-4)26(25)2)41-36(44)16-13-31-22-49-27(3)40-31/h6,10-12,14-15,19-20,22,25-26,34H,5,7-9,13,16-18,21,23-24H2,1-4H3,(H,41,42,44,45,46)/b10-6+/t25-,26+,34-,38-,50?/m0/s1. The SMILES string of the molecule is CO[C@H]1/C=C/CCCS(=O)(NC(=O)CCc2csc(C)n2)=NC(=O)c2ccc3c(c2)N(C[C@H](C)[C@H]1C)C[C@@]1(CCCc2cc(Cl)ccc21)CO3. The van der Waals surface area contributed by atoms with E-state index in [9.17, 15) is 13.8 Å². The molecular formula is C38H47ClN4O5S2. The fourth-order valence-corrected chi connectivity index (χ4v) is 9.95. The number of halogens is 1. The third kappa shape index (κ3) is 8.27. The monoisotopic (exact) mass is 738 g/mol. The molecule has 3 aliphatic rings. The zero-order chi connectivity index (χ0) is 35.5. The molecule has 0 fully saturated rings. The van der Waals surface area contributed by atoms with E-state index >= 15 is 0 Å². The van der Waals surface area contributed by atoms with Crippen LogP contribution in [-0.4, -0.2) is 59.7 Å². The van der Waals surface area contributed by atoms with Gasteiger partial charge in [-0.2, -0.15) is 0 Å². The summed E-state index contributed by atoms with van der Waals surface area (Å²) in [7, 11) is -1.68. The average molecular weight is 739 g/mol. The predicted molar refractivity (Wildman–Crippen MR) is 201 cm³/mol. The number of carbonyl (C=O) groups excluding carboxylic acids is 2. The average Bonchev–Trinajstić information content (AvgIpc) is 3.45. The molecule has 3 heterocycles. The molecule has 3 aromatic rings. The van der Waals surface area contributed by atoms with Gasteiger partial charge in [0, 0.05) is 48.0 Å². The number of hydrogen-bond donors (Lipinski definition) is 1. The number of nitrogens with zero attached hydrogens (tertiary/aromatic N) is 3. The molecule has 9 nitrogen and oxygen atoms in total. The third-order valence-corrected chi connectivity index (χ3v) is 13.3. The molecule has 1 spiro atoms. The third-order valence-electron chi connectivity index (χ3n) is 10.4. The number of aromatic nitrogens is 1. The first kappa shape index (κ1) is 36.5. The minimum absolute atomic E-state index is 0.0420. The van der Waals surface area contributed by atoms with E-state index in [0.29, 0.717) is 50.3 Å². The van der Waals surface area contributed by atoms with Crippen LogP contribution in [0.3, 0.4) is 0 Å². The summed E-state index contributed by atoms with van der Waals surface area (Å²) in [6.45, 7) is 8.27. The van der Waals surface area contributed by atoms with E-state index in [1.165, 1.54) is 22.5 Å². The van der Waals surface area contributed by atoms with E-state index in [-0.39, 0.29) is 35.5 Å². The topological polar surface area (TPSA) is 110 Å². The molecule has 1 N–H and O–H groups in total. The number of amides is 2. The quantitative estimate of drug-likeness (QED) is 0.270. The molecule has 50 heavy (non-hydrogen) atoms. The molecule has 2 bridgehead atoms. The van der Waals surface area contributed by atoms with Gasteiger partial charge in [0.2, 0.25) is 5.91 Å². The summed E-state index contributed by atoms with van der Waals surface area (Å²) in [6, 6.07) is 11.5. The van der Waals surface area contributed by atoms with Crippen LogP contribution in [-0.2, 0) is 37.7 Å². The summed E-state index contributed by atoms with van der Waals surface area (Å²) in [5, 5.41) is 3.57. The van der Waals surface area contributed by atoms with E-state index in [0.717, 1.165) is 40.7 Å². The Morgan fingerprint density at radius 2 is 2.06 bits per heavy atom. The van der Waals surface area contributed by atoms with E-state index < -0.39 is 21.7 Å². The van der Waals surface area contributed by atoms with Crippen molar-refractivity contribution in [2.24, 2.45) is 16.2 Å².